The molecule has 206 valence electrons. The van der Waals surface area contributed by atoms with Gasteiger partial charge >= 0.3 is 16.1 Å². The van der Waals surface area contributed by atoms with E-state index in [1.807, 2.05) is 6.07 Å². The van der Waals surface area contributed by atoms with E-state index >= 15 is 0 Å². The second kappa shape index (κ2) is 13.0. The summed E-state index contributed by atoms with van der Waals surface area (Å²) in [7, 11) is -4.46. The third-order valence-electron chi connectivity index (χ3n) is 5.11. The third kappa shape index (κ3) is 7.42. The number of amides is 1. The van der Waals surface area contributed by atoms with Crippen molar-refractivity contribution in [3.63, 3.8) is 0 Å². The van der Waals surface area contributed by atoms with Crippen molar-refractivity contribution in [1.29, 1.82) is 5.26 Å². The van der Waals surface area contributed by atoms with Crippen LogP contribution in [0.15, 0.2) is 77.2 Å². The number of anilines is 1. The summed E-state index contributed by atoms with van der Waals surface area (Å²) in [6.07, 6.45) is 1.27. The van der Waals surface area contributed by atoms with Crippen molar-refractivity contribution in [3.8, 4) is 17.6 Å². The van der Waals surface area contributed by atoms with E-state index in [1.54, 1.807) is 13.8 Å². The van der Waals surface area contributed by atoms with Crippen molar-refractivity contribution in [1.82, 2.24) is 0 Å². The average Bonchev–Trinajstić information content (AvgIpc) is 2.93. The summed E-state index contributed by atoms with van der Waals surface area (Å²) < 4.78 is 41.1. The number of nitro benzene ring substituents is 1. The van der Waals surface area contributed by atoms with E-state index in [0.717, 1.165) is 18.2 Å². The highest BCUT2D eigenvalue weighted by Crippen LogP contribution is 2.32. The van der Waals surface area contributed by atoms with Crippen molar-refractivity contribution in [2.45, 2.75) is 18.7 Å². The van der Waals surface area contributed by atoms with Gasteiger partial charge in [-0.3, -0.25) is 14.9 Å². The number of nitriles is 1. The second-order valence-electron chi connectivity index (χ2n) is 7.85. The number of hydrogen-bond acceptors (Lipinski definition) is 10. The Bertz CT molecular complexity index is 1610. The van der Waals surface area contributed by atoms with Gasteiger partial charge in [-0.25, -0.2) is 4.79 Å². The number of rotatable bonds is 11. The Balaban J connectivity index is 1.83. The normalized spacial score (nSPS) is 11.2. The van der Waals surface area contributed by atoms with Crippen LogP contribution >= 0.6 is 0 Å². The molecule has 0 bridgehead atoms. The maximum atomic E-state index is 12.8. The lowest BCUT2D eigenvalue weighted by Crippen LogP contribution is -2.14. The average molecular weight is 566 g/mol. The van der Waals surface area contributed by atoms with Crippen LogP contribution in [0.2, 0.25) is 0 Å². The molecule has 0 saturated heterocycles. The first-order chi connectivity index (χ1) is 19.1. The van der Waals surface area contributed by atoms with E-state index in [9.17, 15) is 33.4 Å². The molecule has 1 amide bonds. The molecule has 13 heteroatoms. The van der Waals surface area contributed by atoms with Gasteiger partial charge in [0.25, 0.3) is 11.6 Å². The summed E-state index contributed by atoms with van der Waals surface area (Å²) in [5.74, 6) is -1.43. The topological polar surface area (TPSA) is 175 Å². The Morgan fingerprint density at radius 1 is 1.02 bits per heavy atom. The lowest BCUT2D eigenvalue weighted by Gasteiger charge is -2.13. The molecule has 0 unspecified atom stereocenters. The monoisotopic (exact) mass is 565 g/mol. The van der Waals surface area contributed by atoms with Gasteiger partial charge in [-0.15, -0.1) is 0 Å². The van der Waals surface area contributed by atoms with Crippen LogP contribution in [0.3, 0.4) is 0 Å². The fourth-order valence-corrected chi connectivity index (χ4v) is 4.27. The molecule has 0 aliphatic carbocycles. The number of nitro groups is 1. The van der Waals surface area contributed by atoms with Crippen molar-refractivity contribution in [2.75, 3.05) is 18.5 Å². The number of nitrogens with one attached hydrogen (secondary N) is 1. The molecule has 12 nitrogen and oxygen atoms in total. The highest BCUT2D eigenvalue weighted by molar-refractivity contribution is 7.87. The molecule has 40 heavy (non-hydrogen) atoms. The SMILES string of the molecule is CCOC(=O)c1ccc(NC(=O)/C(C#N)=C/c2ccc(OS(=O)(=O)c3cccc([N+](=O)[O-])c3)c(OCC)c2)cc1. The van der Waals surface area contributed by atoms with Gasteiger partial charge in [0, 0.05) is 17.8 Å². The van der Waals surface area contributed by atoms with E-state index in [4.69, 9.17) is 13.7 Å². The Morgan fingerprint density at radius 2 is 1.75 bits per heavy atom. The molecule has 0 atom stereocenters. The molecule has 3 aromatic rings. The highest BCUT2D eigenvalue weighted by Gasteiger charge is 2.22. The van der Waals surface area contributed by atoms with Gasteiger partial charge in [0.1, 0.15) is 16.5 Å². The highest BCUT2D eigenvalue weighted by atomic mass is 32.2. The second-order valence-corrected chi connectivity index (χ2v) is 9.40. The van der Waals surface area contributed by atoms with Crippen molar-refractivity contribution in [3.05, 3.63) is 93.5 Å². The van der Waals surface area contributed by atoms with E-state index in [-0.39, 0.29) is 30.3 Å². The van der Waals surface area contributed by atoms with Gasteiger partial charge in [0.2, 0.25) is 0 Å². The Kier molecular flexibility index (Phi) is 9.56. The lowest BCUT2D eigenvalue weighted by molar-refractivity contribution is -0.385. The van der Waals surface area contributed by atoms with Crippen LogP contribution in [-0.4, -0.2) is 38.4 Å². The van der Waals surface area contributed by atoms with Crippen LogP contribution in [0.5, 0.6) is 11.5 Å². The number of hydrogen-bond donors (Lipinski definition) is 1. The number of ether oxygens (including phenoxy) is 2. The smallest absolute Gasteiger partial charge is 0.339 e. The van der Waals surface area contributed by atoms with Crippen LogP contribution in [0.1, 0.15) is 29.8 Å². The zero-order valence-corrected chi connectivity index (χ0v) is 22.1. The predicted octanol–water partition coefficient (Wildman–Crippen LogP) is 4.48. The first-order valence-corrected chi connectivity index (χ1v) is 13.1. The fourth-order valence-electron chi connectivity index (χ4n) is 3.29. The van der Waals surface area contributed by atoms with Gasteiger partial charge in [0.05, 0.1) is 23.7 Å². The van der Waals surface area contributed by atoms with E-state index < -0.39 is 37.5 Å². The number of nitrogens with zero attached hydrogens (tertiary/aromatic N) is 2. The molecule has 3 rings (SSSR count). The summed E-state index contributed by atoms with van der Waals surface area (Å²) in [4.78, 5) is 34.3. The van der Waals surface area contributed by atoms with Gasteiger partial charge < -0.3 is 19.0 Å². The molecule has 0 aliphatic rings. The Labute approximate surface area is 229 Å². The number of benzene rings is 3. The molecule has 0 aliphatic heterocycles. The Morgan fingerprint density at radius 3 is 2.38 bits per heavy atom. The first-order valence-electron chi connectivity index (χ1n) is 11.7. The van der Waals surface area contributed by atoms with Gasteiger partial charge in [-0.2, -0.15) is 13.7 Å². The zero-order chi connectivity index (χ0) is 29.3. The Hall–Kier alpha value is -5.22. The van der Waals surface area contributed by atoms with Crippen LogP contribution in [0.25, 0.3) is 6.08 Å². The maximum absolute atomic E-state index is 12.8. The van der Waals surface area contributed by atoms with Crippen molar-refractivity contribution >= 4 is 39.4 Å². The minimum Gasteiger partial charge on any atom is -0.490 e. The first kappa shape index (κ1) is 29.3. The number of carbonyl (C=O) groups excluding carboxylic acids is 2. The van der Waals surface area contributed by atoms with Crippen LogP contribution < -0.4 is 14.2 Å². The summed E-state index contributed by atoms with van der Waals surface area (Å²) in [6.45, 7) is 3.69. The molecule has 0 heterocycles. The molecule has 0 spiro atoms. The van der Waals surface area contributed by atoms with Gasteiger partial charge in [-0.1, -0.05) is 12.1 Å². The molecule has 3 aromatic carbocycles. The summed E-state index contributed by atoms with van der Waals surface area (Å²) in [5.41, 5.74) is 0.272. The van der Waals surface area contributed by atoms with Gasteiger partial charge in [0.15, 0.2) is 11.5 Å². The number of esters is 1. The quantitative estimate of drug-likeness (QED) is 0.0871. The predicted molar refractivity (Wildman–Crippen MR) is 143 cm³/mol. The molecule has 0 fully saturated rings. The van der Waals surface area contributed by atoms with Crippen LogP contribution in [-0.2, 0) is 19.6 Å². The molecule has 1 N–H and O–H groups in total. The van der Waals surface area contributed by atoms with E-state index in [1.165, 1.54) is 54.6 Å². The van der Waals surface area contributed by atoms with Crippen molar-refractivity contribution < 1.29 is 36.6 Å². The van der Waals surface area contributed by atoms with Gasteiger partial charge in [-0.05, 0) is 68.0 Å². The molecular formula is C27H23N3O9S. The summed E-state index contributed by atoms with van der Waals surface area (Å²) in [5, 5.41) is 23.1. The molecule has 0 aromatic heterocycles. The number of non-ortho nitro benzene ring substituents is 1. The molecular weight excluding hydrogens is 542 g/mol. The lowest BCUT2D eigenvalue weighted by atomic mass is 10.1. The van der Waals surface area contributed by atoms with E-state index in [2.05, 4.69) is 5.32 Å². The molecule has 0 saturated carbocycles. The largest absolute Gasteiger partial charge is 0.490 e. The zero-order valence-electron chi connectivity index (χ0n) is 21.3. The molecule has 0 radical (unpaired) electrons. The van der Waals surface area contributed by atoms with E-state index in [0.29, 0.717) is 16.8 Å². The fraction of sp³-hybridized carbons (Fsp3) is 0.148. The summed E-state index contributed by atoms with van der Waals surface area (Å²) >= 11 is 0. The summed E-state index contributed by atoms with van der Waals surface area (Å²) in [6, 6.07) is 16.2. The third-order valence-corrected chi connectivity index (χ3v) is 6.34. The van der Waals surface area contributed by atoms with Crippen LogP contribution in [0, 0.1) is 21.4 Å². The standard InChI is InChI=1S/C27H23N3O9S/c1-3-37-25-15-18(8-13-24(25)39-40(35,36)23-7-5-6-22(16-23)30(33)34)14-20(17-28)26(31)29-21-11-9-19(10-12-21)27(32)38-4-2/h5-16H,3-4H2,1-2H3,(H,29,31)/b20-14+. The maximum Gasteiger partial charge on any atom is 0.339 e. The van der Waals surface area contributed by atoms with Crippen molar-refractivity contribution in [2.24, 2.45) is 0 Å². The minimum atomic E-state index is -4.46. The number of carbonyl (C=O) groups is 2. The van der Waals surface area contributed by atoms with Crippen LogP contribution in [0.4, 0.5) is 11.4 Å². The minimum absolute atomic E-state index is 0.00231.